The molecular weight excluding hydrogens is 256 g/mol. The quantitative estimate of drug-likeness (QED) is 0.891. The molecule has 0 unspecified atom stereocenters. The van der Waals surface area contributed by atoms with Crippen molar-refractivity contribution < 1.29 is 9.90 Å². The highest BCUT2D eigenvalue weighted by molar-refractivity contribution is 6.05. The molecular formula is C14H18N4O2. The summed E-state index contributed by atoms with van der Waals surface area (Å²) < 4.78 is 1.82. The molecule has 1 N–H and O–H groups in total. The predicted molar refractivity (Wildman–Crippen MR) is 74.6 cm³/mol. The topological polar surface area (TPSA) is 71.2 Å². The van der Waals surface area contributed by atoms with Crippen molar-refractivity contribution in [2.24, 2.45) is 0 Å². The molecule has 20 heavy (non-hydrogen) atoms. The SMILES string of the molecule is Cc1cc(C(=O)N2CC(O)C2)c2cnn(C(C)C)c2n1. The summed E-state index contributed by atoms with van der Waals surface area (Å²) >= 11 is 0. The average molecular weight is 274 g/mol. The first-order valence-electron chi connectivity index (χ1n) is 6.79. The molecule has 0 saturated carbocycles. The molecule has 6 nitrogen and oxygen atoms in total. The standard InChI is InChI=1S/C14H18N4O2/c1-8(2)18-13-12(5-15-18)11(4-9(3)16-13)14(20)17-6-10(19)7-17/h4-5,8,10,19H,6-7H2,1-3H3. The van der Waals surface area contributed by atoms with Crippen LogP contribution in [0.25, 0.3) is 11.0 Å². The smallest absolute Gasteiger partial charge is 0.254 e. The third kappa shape index (κ3) is 1.96. The highest BCUT2D eigenvalue weighted by atomic mass is 16.3. The molecule has 1 saturated heterocycles. The van der Waals surface area contributed by atoms with Crippen molar-refractivity contribution in [2.75, 3.05) is 13.1 Å². The molecule has 0 bridgehead atoms. The number of carbonyl (C=O) groups excluding carboxylic acids is 1. The van der Waals surface area contributed by atoms with Crippen molar-refractivity contribution in [2.45, 2.75) is 32.9 Å². The molecule has 0 aliphatic carbocycles. The molecule has 3 rings (SSSR count). The van der Waals surface area contributed by atoms with Gasteiger partial charge in [0.05, 0.1) is 23.3 Å². The first kappa shape index (κ1) is 13.1. The molecule has 0 spiro atoms. The Hall–Kier alpha value is -1.95. The molecule has 1 amide bonds. The fourth-order valence-electron chi connectivity index (χ4n) is 2.49. The molecule has 1 aliphatic heterocycles. The van der Waals surface area contributed by atoms with Crippen molar-refractivity contribution in [3.63, 3.8) is 0 Å². The highest BCUT2D eigenvalue weighted by Gasteiger charge is 2.31. The van der Waals surface area contributed by atoms with Crippen molar-refractivity contribution in [1.29, 1.82) is 0 Å². The number of carbonyl (C=O) groups is 1. The molecule has 2 aromatic heterocycles. The number of aliphatic hydroxyl groups excluding tert-OH is 1. The van der Waals surface area contributed by atoms with E-state index in [4.69, 9.17) is 0 Å². The summed E-state index contributed by atoms with van der Waals surface area (Å²) in [5.74, 6) is -0.0610. The number of fused-ring (bicyclic) bond motifs is 1. The van der Waals surface area contributed by atoms with Gasteiger partial charge in [-0.3, -0.25) is 4.79 Å². The van der Waals surface area contributed by atoms with Gasteiger partial charge in [0.15, 0.2) is 5.65 Å². The molecule has 1 aliphatic rings. The number of aryl methyl sites for hydroxylation is 1. The first-order valence-corrected chi connectivity index (χ1v) is 6.79. The zero-order valence-electron chi connectivity index (χ0n) is 11.9. The third-order valence-corrected chi connectivity index (χ3v) is 3.56. The van der Waals surface area contributed by atoms with E-state index in [1.54, 1.807) is 17.2 Å². The normalized spacial score (nSPS) is 15.9. The van der Waals surface area contributed by atoms with Crippen molar-refractivity contribution in [3.8, 4) is 0 Å². The summed E-state index contributed by atoms with van der Waals surface area (Å²) in [5, 5.41) is 14.4. The molecule has 0 atom stereocenters. The number of pyridine rings is 1. The number of β-amino-alcohol motifs (C(OH)–C–C–N with tert-alkyl or cyclic N) is 1. The minimum Gasteiger partial charge on any atom is -0.389 e. The Morgan fingerprint density at radius 1 is 1.45 bits per heavy atom. The monoisotopic (exact) mass is 274 g/mol. The van der Waals surface area contributed by atoms with Gasteiger partial charge in [0, 0.05) is 24.8 Å². The van der Waals surface area contributed by atoms with Gasteiger partial charge in [-0.25, -0.2) is 9.67 Å². The van der Waals surface area contributed by atoms with Gasteiger partial charge in [-0.2, -0.15) is 5.10 Å². The van der Waals surface area contributed by atoms with E-state index in [1.165, 1.54) is 0 Å². The Balaban J connectivity index is 2.09. The summed E-state index contributed by atoms with van der Waals surface area (Å²) in [6, 6.07) is 1.98. The molecule has 6 heteroatoms. The fraction of sp³-hybridized carbons (Fsp3) is 0.500. The van der Waals surface area contributed by atoms with E-state index in [0.29, 0.717) is 18.7 Å². The lowest BCUT2D eigenvalue weighted by molar-refractivity contribution is 0.00602. The van der Waals surface area contributed by atoms with E-state index in [9.17, 15) is 9.90 Å². The van der Waals surface area contributed by atoms with Gasteiger partial charge in [0.25, 0.3) is 5.91 Å². The van der Waals surface area contributed by atoms with Crippen LogP contribution in [-0.2, 0) is 0 Å². The van der Waals surface area contributed by atoms with Crippen LogP contribution in [-0.4, -0.2) is 49.9 Å². The van der Waals surface area contributed by atoms with Gasteiger partial charge in [0.2, 0.25) is 0 Å². The number of aliphatic hydroxyl groups is 1. The summed E-state index contributed by atoms with van der Waals surface area (Å²) in [6.45, 7) is 6.74. The van der Waals surface area contributed by atoms with E-state index >= 15 is 0 Å². The van der Waals surface area contributed by atoms with E-state index in [2.05, 4.69) is 10.1 Å². The fourth-order valence-corrected chi connectivity index (χ4v) is 2.49. The molecule has 2 aromatic rings. The summed E-state index contributed by atoms with van der Waals surface area (Å²) in [5.41, 5.74) is 2.15. The molecule has 106 valence electrons. The van der Waals surface area contributed by atoms with Crippen LogP contribution < -0.4 is 0 Å². The van der Waals surface area contributed by atoms with Crippen LogP contribution in [0.5, 0.6) is 0 Å². The Labute approximate surface area is 117 Å². The number of aromatic nitrogens is 3. The van der Waals surface area contributed by atoms with Gasteiger partial charge in [-0.1, -0.05) is 0 Å². The van der Waals surface area contributed by atoms with Gasteiger partial charge in [-0.15, -0.1) is 0 Å². The van der Waals surface area contributed by atoms with Gasteiger partial charge >= 0.3 is 0 Å². The third-order valence-electron chi connectivity index (χ3n) is 3.56. The minimum atomic E-state index is -0.393. The van der Waals surface area contributed by atoms with Gasteiger partial charge in [-0.05, 0) is 26.8 Å². The zero-order valence-corrected chi connectivity index (χ0v) is 11.9. The number of hydrogen-bond acceptors (Lipinski definition) is 4. The van der Waals surface area contributed by atoms with Gasteiger partial charge in [0.1, 0.15) is 0 Å². The number of likely N-dealkylation sites (tertiary alicyclic amines) is 1. The first-order chi connectivity index (χ1) is 9.47. The second-order valence-corrected chi connectivity index (χ2v) is 5.60. The minimum absolute atomic E-state index is 0.0610. The van der Waals surface area contributed by atoms with Crippen LogP contribution in [0, 0.1) is 6.92 Å². The van der Waals surface area contributed by atoms with Crippen LogP contribution in [0.15, 0.2) is 12.3 Å². The summed E-state index contributed by atoms with van der Waals surface area (Å²) in [4.78, 5) is 18.6. The van der Waals surface area contributed by atoms with Crippen molar-refractivity contribution in [3.05, 3.63) is 23.5 Å². The highest BCUT2D eigenvalue weighted by Crippen LogP contribution is 2.23. The van der Waals surface area contributed by atoms with Gasteiger partial charge < -0.3 is 10.0 Å². The second-order valence-electron chi connectivity index (χ2n) is 5.60. The molecule has 0 radical (unpaired) electrons. The lowest BCUT2D eigenvalue weighted by Crippen LogP contribution is -2.53. The summed E-state index contributed by atoms with van der Waals surface area (Å²) in [6.07, 6.45) is 1.31. The van der Waals surface area contributed by atoms with E-state index in [1.807, 2.05) is 25.5 Å². The van der Waals surface area contributed by atoms with E-state index in [-0.39, 0.29) is 11.9 Å². The average Bonchev–Trinajstić information content (AvgIpc) is 2.76. The number of rotatable bonds is 2. The van der Waals surface area contributed by atoms with Crippen LogP contribution in [0.3, 0.4) is 0 Å². The molecule has 3 heterocycles. The number of hydrogen-bond donors (Lipinski definition) is 1. The predicted octanol–water partition coefficient (Wildman–Crippen LogP) is 1.14. The Bertz CT molecular complexity index is 671. The lowest BCUT2D eigenvalue weighted by Gasteiger charge is -2.36. The molecule has 1 fully saturated rings. The number of amides is 1. The van der Waals surface area contributed by atoms with Crippen LogP contribution in [0.4, 0.5) is 0 Å². The number of nitrogens with zero attached hydrogens (tertiary/aromatic N) is 4. The van der Waals surface area contributed by atoms with Crippen molar-refractivity contribution in [1.82, 2.24) is 19.7 Å². The Morgan fingerprint density at radius 2 is 2.15 bits per heavy atom. The molecule has 0 aromatic carbocycles. The summed E-state index contributed by atoms with van der Waals surface area (Å²) in [7, 11) is 0. The Kier molecular flexibility index (Phi) is 2.97. The van der Waals surface area contributed by atoms with Crippen LogP contribution >= 0.6 is 0 Å². The lowest BCUT2D eigenvalue weighted by atomic mass is 10.1. The van der Waals surface area contributed by atoms with Crippen LogP contribution in [0.2, 0.25) is 0 Å². The Morgan fingerprint density at radius 3 is 2.75 bits per heavy atom. The zero-order chi connectivity index (χ0) is 14.4. The van der Waals surface area contributed by atoms with Crippen LogP contribution in [0.1, 0.15) is 35.9 Å². The van der Waals surface area contributed by atoms with Crippen molar-refractivity contribution >= 4 is 16.9 Å². The maximum absolute atomic E-state index is 12.5. The maximum Gasteiger partial charge on any atom is 0.254 e. The second kappa shape index (κ2) is 4.56. The van der Waals surface area contributed by atoms with E-state index in [0.717, 1.165) is 16.7 Å². The maximum atomic E-state index is 12.5. The largest absolute Gasteiger partial charge is 0.389 e. The van der Waals surface area contributed by atoms with E-state index < -0.39 is 6.10 Å².